The molecule has 0 aromatic carbocycles. The lowest BCUT2D eigenvalue weighted by Crippen LogP contribution is -2.37. The fourth-order valence-corrected chi connectivity index (χ4v) is 7.53. The van der Waals surface area contributed by atoms with Crippen molar-refractivity contribution in [2.24, 2.45) is 0 Å². The second-order valence-corrected chi connectivity index (χ2v) is 19.6. The highest BCUT2D eigenvalue weighted by molar-refractivity contribution is 7.45. The van der Waals surface area contributed by atoms with Gasteiger partial charge in [-0.15, -0.1) is 0 Å². The summed E-state index contributed by atoms with van der Waals surface area (Å²) in [5, 5.41) is 0. The molecule has 366 valence electrons. The van der Waals surface area contributed by atoms with E-state index in [-0.39, 0.29) is 25.8 Å². The molecular formula is C54H98NO7P. The number of likely N-dealkylation sites (N-methyl/N-ethyl adjacent to an activating group) is 1. The predicted octanol–water partition coefficient (Wildman–Crippen LogP) is 15.2. The first-order valence-electron chi connectivity index (χ1n) is 25.7. The van der Waals surface area contributed by atoms with Crippen LogP contribution in [0.5, 0.6) is 0 Å². The van der Waals surface area contributed by atoms with Gasteiger partial charge in [-0.2, -0.15) is 0 Å². The molecule has 0 saturated heterocycles. The van der Waals surface area contributed by atoms with Gasteiger partial charge in [0.25, 0.3) is 7.82 Å². The summed E-state index contributed by atoms with van der Waals surface area (Å²) in [6.45, 7) is 5.25. The Morgan fingerprint density at radius 3 is 1.38 bits per heavy atom. The van der Waals surface area contributed by atoms with Gasteiger partial charge in [-0.3, -0.25) is 9.36 Å². The van der Waals surface area contributed by atoms with Crippen LogP contribution in [0.2, 0.25) is 0 Å². The molecule has 0 aliphatic carbocycles. The zero-order chi connectivity index (χ0) is 46.2. The minimum absolute atomic E-state index is 0.0205. The molecule has 63 heavy (non-hydrogen) atoms. The molecule has 0 aliphatic heterocycles. The largest absolute Gasteiger partial charge is 0.756 e. The number of carbonyl (C=O) groups is 1. The van der Waals surface area contributed by atoms with Crippen LogP contribution in [0, 0.1) is 0 Å². The minimum Gasteiger partial charge on any atom is -0.756 e. The van der Waals surface area contributed by atoms with Crippen molar-refractivity contribution in [1.29, 1.82) is 0 Å². The fourth-order valence-electron chi connectivity index (χ4n) is 6.80. The lowest BCUT2D eigenvalue weighted by Gasteiger charge is -2.28. The van der Waals surface area contributed by atoms with E-state index >= 15 is 0 Å². The third kappa shape index (κ3) is 50.8. The first-order valence-corrected chi connectivity index (χ1v) is 27.1. The number of rotatable bonds is 47. The maximum Gasteiger partial charge on any atom is 0.306 e. The van der Waals surface area contributed by atoms with Crippen molar-refractivity contribution in [3.8, 4) is 0 Å². The van der Waals surface area contributed by atoms with E-state index in [1.54, 1.807) is 0 Å². The van der Waals surface area contributed by atoms with Crippen LogP contribution in [0.3, 0.4) is 0 Å². The van der Waals surface area contributed by atoms with E-state index in [0.717, 1.165) is 83.5 Å². The Morgan fingerprint density at radius 2 is 0.921 bits per heavy atom. The third-order valence-corrected chi connectivity index (χ3v) is 11.7. The Morgan fingerprint density at radius 1 is 0.508 bits per heavy atom. The molecule has 0 amide bonds. The van der Waals surface area contributed by atoms with Gasteiger partial charge in [0, 0.05) is 13.0 Å². The number of quaternary nitrogens is 1. The second-order valence-electron chi connectivity index (χ2n) is 18.1. The van der Waals surface area contributed by atoms with Gasteiger partial charge in [0.1, 0.15) is 19.3 Å². The van der Waals surface area contributed by atoms with E-state index in [1.165, 1.54) is 103 Å². The summed E-state index contributed by atoms with van der Waals surface area (Å²) >= 11 is 0. The number of allylic oxidation sites excluding steroid dienone is 12. The Bertz CT molecular complexity index is 1230. The molecule has 0 aliphatic rings. The van der Waals surface area contributed by atoms with Crippen molar-refractivity contribution in [3.05, 3.63) is 72.9 Å². The summed E-state index contributed by atoms with van der Waals surface area (Å²) in [5.74, 6) is -0.349. The van der Waals surface area contributed by atoms with Crippen molar-refractivity contribution in [3.63, 3.8) is 0 Å². The van der Waals surface area contributed by atoms with Crippen LogP contribution in [-0.2, 0) is 27.9 Å². The molecule has 9 heteroatoms. The molecule has 0 aromatic heterocycles. The molecule has 0 radical (unpaired) electrons. The van der Waals surface area contributed by atoms with Crippen LogP contribution < -0.4 is 4.89 Å². The Hall–Kier alpha value is -2.06. The zero-order valence-electron chi connectivity index (χ0n) is 41.5. The number of ether oxygens (including phenoxy) is 2. The normalized spacial score (nSPS) is 14.2. The number of phosphoric acid groups is 1. The van der Waals surface area contributed by atoms with Crippen LogP contribution in [0.15, 0.2) is 72.9 Å². The highest BCUT2D eigenvalue weighted by atomic mass is 31.2. The van der Waals surface area contributed by atoms with Gasteiger partial charge in [-0.05, 0) is 83.5 Å². The minimum atomic E-state index is -4.54. The predicted molar refractivity (Wildman–Crippen MR) is 268 cm³/mol. The van der Waals surface area contributed by atoms with E-state index in [9.17, 15) is 14.3 Å². The molecule has 8 nitrogen and oxygen atoms in total. The number of unbranched alkanes of at least 4 members (excludes halogenated alkanes) is 21. The quantitative estimate of drug-likeness (QED) is 0.0197. The second kappa shape index (κ2) is 46.5. The lowest BCUT2D eigenvalue weighted by atomic mass is 10.0. The number of phosphoric ester groups is 1. The topological polar surface area (TPSA) is 94.1 Å². The number of hydrogen-bond donors (Lipinski definition) is 0. The van der Waals surface area contributed by atoms with E-state index < -0.39 is 13.9 Å². The molecule has 0 aromatic rings. The molecule has 0 saturated carbocycles. The van der Waals surface area contributed by atoms with E-state index in [2.05, 4.69) is 86.8 Å². The summed E-state index contributed by atoms with van der Waals surface area (Å²) in [6, 6.07) is 0. The first-order chi connectivity index (χ1) is 30.6. The Balaban J connectivity index is 4.10. The highest BCUT2D eigenvalue weighted by Gasteiger charge is 2.20. The van der Waals surface area contributed by atoms with Gasteiger partial charge in [0.05, 0.1) is 34.4 Å². The van der Waals surface area contributed by atoms with Gasteiger partial charge in [-0.1, -0.05) is 189 Å². The summed E-state index contributed by atoms with van der Waals surface area (Å²) in [4.78, 5) is 25.1. The van der Waals surface area contributed by atoms with Crippen LogP contribution in [0.1, 0.15) is 206 Å². The molecule has 0 N–H and O–H groups in total. The third-order valence-electron chi connectivity index (χ3n) is 10.7. The molecule has 2 atom stereocenters. The monoisotopic (exact) mass is 904 g/mol. The van der Waals surface area contributed by atoms with Gasteiger partial charge in [0.15, 0.2) is 0 Å². The standard InChI is InChI=1S/C54H98NO7P/c1-6-8-10-12-14-16-18-20-22-23-24-25-26-27-28-29-30-31-32-34-36-38-40-42-44-46-49-59-51-53(52-61-63(57,58)60-50-48-55(3,4)5)62-54(56)47-45-43-41-39-37-35-33-21-19-17-15-13-11-9-7-2/h8,10,14-17,20-22,24-25,33,53H,6-7,9,11-13,18-19,23,26-32,34-52H2,1-5H3/b10-8-,16-14-,17-15-,22-20-,25-24-,33-21-. The first kappa shape index (κ1) is 60.9. The van der Waals surface area contributed by atoms with E-state index in [4.69, 9.17) is 18.5 Å². The molecule has 0 bridgehead atoms. The van der Waals surface area contributed by atoms with Gasteiger partial charge in [-0.25, -0.2) is 0 Å². The maximum absolute atomic E-state index is 12.7. The molecule has 0 heterocycles. The molecule has 0 rings (SSSR count). The van der Waals surface area contributed by atoms with E-state index in [1.807, 2.05) is 21.1 Å². The maximum atomic E-state index is 12.7. The smallest absolute Gasteiger partial charge is 0.306 e. The van der Waals surface area contributed by atoms with Gasteiger partial charge < -0.3 is 27.9 Å². The lowest BCUT2D eigenvalue weighted by molar-refractivity contribution is -0.870. The number of esters is 1. The molecule has 0 fully saturated rings. The van der Waals surface area contributed by atoms with Crippen LogP contribution in [-0.4, -0.2) is 70.7 Å². The Labute approximate surface area is 389 Å². The van der Waals surface area contributed by atoms with Crippen LogP contribution in [0.4, 0.5) is 0 Å². The SMILES string of the molecule is CC/C=C\C/C=C\C/C=C\C/C=C\CCCCCCCCCCCCCCCOCC(COP(=O)([O-])OCC[N+](C)(C)C)OC(=O)CCCCCCC/C=C\C/C=C\CCCCC. The van der Waals surface area contributed by atoms with Crippen molar-refractivity contribution in [1.82, 2.24) is 0 Å². The average Bonchev–Trinajstić information content (AvgIpc) is 3.24. The zero-order valence-corrected chi connectivity index (χ0v) is 42.4. The summed E-state index contributed by atoms with van der Waals surface area (Å²) in [7, 11) is 1.34. The number of hydrogen-bond acceptors (Lipinski definition) is 7. The van der Waals surface area contributed by atoms with Gasteiger partial charge in [0.2, 0.25) is 0 Å². The van der Waals surface area contributed by atoms with Gasteiger partial charge >= 0.3 is 5.97 Å². The summed E-state index contributed by atoms with van der Waals surface area (Å²) in [6.07, 6.45) is 60.7. The highest BCUT2D eigenvalue weighted by Crippen LogP contribution is 2.38. The van der Waals surface area contributed by atoms with Crippen molar-refractivity contribution in [2.45, 2.75) is 213 Å². The van der Waals surface area contributed by atoms with Crippen molar-refractivity contribution < 1.29 is 37.3 Å². The summed E-state index contributed by atoms with van der Waals surface area (Å²) in [5.41, 5.74) is 0. The average molecular weight is 904 g/mol. The fraction of sp³-hybridized carbons (Fsp3) is 0.759. The molecular weight excluding hydrogens is 806 g/mol. The van der Waals surface area contributed by atoms with E-state index in [0.29, 0.717) is 24.1 Å². The molecule has 0 spiro atoms. The number of nitrogens with zero attached hydrogens (tertiary/aromatic N) is 1. The Kier molecular flexibility index (Phi) is 44.9. The summed E-state index contributed by atoms with van der Waals surface area (Å²) < 4.78 is 34.7. The number of carbonyl (C=O) groups excluding carboxylic acids is 1. The van der Waals surface area contributed by atoms with Crippen LogP contribution in [0.25, 0.3) is 0 Å². The van der Waals surface area contributed by atoms with Crippen LogP contribution >= 0.6 is 7.82 Å². The van der Waals surface area contributed by atoms with Crippen molar-refractivity contribution >= 4 is 13.8 Å². The van der Waals surface area contributed by atoms with Crippen molar-refractivity contribution in [2.75, 3.05) is 54.1 Å². The molecule has 2 unspecified atom stereocenters.